The van der Waals surface area contributed by atoms with Gasteiger partial charge in [0.1, 0.15) is 5.82 Å². The zero-order valence-electron chi connectivity index (χ0n) is 14.9. The van der Waals surface area contributed by atoms with E-state index in [9.17, 15) is 22.8 Å². The van der Waals surface area contributed by atoms with Crippen LogP contribution in [0, 0.1) is 23.4 Å². The molecule has 1 aliphatic rings. The lowest BCUT2D eigenvalue weighted by atomic mass is 10.1. The maximum Gasteiger partial charge on any atom is 0.231 e. The predicted molar refractivity (Wildman–Crippen MR) is 103 cm³/mol. The molecule has 0 spiro atoms. The van der Waals surface area contributed by atoms with Gasteiger partial charge in [-0.2, -0.15) is 0 Å². The van der Waals surface area contributed by atoms with Crippen molar-refractivity contribution in [3.8, 4) is 11.3 Å². The topological polar surface area (TPSA) is 62.3 Å². The summed E-state index contributed by atoms with van der Waals surface area (Å²) < 4.78 is 40.4. The summed E-state index contributed by atoms with van der Waals surface area (Å²) in [6, 6.07) is 9.31. The zero-order valence-corrected chi connectivity index (χ0v) is 15.7. The number of amides is 2. The molecule has 1 fully saturated rings. The van der Waals surface area contributed by atoms with Gasteiger partial charge < -0.3 is 10.2 Å². The number of nitrogens with one attached hydrogen (secondary N) is 1. The average Bonchev–Trinajstić information content (AvgIpc) is 3.31. The third kappa shape index (κ3) is 3.86. The van der Waals surface area contributed by atoms with E-state index in [0.29, 0.717) is 11.3 Å². The van der Waals surface area contributed by atoms with Gasteiger partial charge in [0.2, 0.25) is 11.8 Å². The molecule has 4 rings (SSSR count). The van der Waals surface area contributed by atoms with Gasteiger partial charge in [-0.15, -0.1) is 11.3 Å². The van der Waals surface area contributed by atoms with Crippen LogP contribution in [0.4, 0.5) is 24.0 Å². The van der Waals surface area contributed by atoms with Crippen molar-refractivity contribution in [3.05, 3.63) is 65.3 Å². The highest BCUT2D eigenvalue weighted by Gasteiger charge is 2.36. The molecule has 9 heteroatoms. The van der Waals surface area contributed by atoms with Gasteiger partial charge in [0.25, 0.3) is 0 Å². The quantitative estimate of drug-likeness (QED) is 0.692. The second-order valence-corrected chi connectivity index (χ2v) is 7.37. The molecule has 1 atom stereocenters. The minimum Gasteiger partial charge on any atom is -0.309 e. The molecule has 1 aromatic heterocycles. The molecule has 0 bridgehead atoms. The number of hydrogen-bond donors (Lipinski definition) is 1. The van der Waals surface area contributed by atoms with Gasteiger partial charge in [0.15, 0.2) is 16.8 Å². The SMILES string of the molecule is O=C(Nc1nc(-c2ccc(F)c(F)c2)cs1)[C@@H]1CC(=O)N(c2ccccc2F)C1. The van der Waals surface area contributed by atoms with Gasteiger partial charge in [-0.25, -0.2) is 18.2 Å². The van der Waals surface area contributed by atoms with E-state index in [-0.39, 0.29) is 29.7 Å². The number of halogens is 3. The first-order valence-electron chi connectivity index (χ1n) is 8.69. The molecule has 0 radical (unpaired) electrons. The highest BCUT2D eigenvalue weighted by atomic mass is 32.1. The van der Waals surface area contributed by atoms with E-state index in [2.05, 4.69) is 10.3 Å². The highest BCUT2D eigenvalue weighted by molar-refractivity contribution is 7.14. The molecular formula is C20H14F3N3O2S. The van der Waals surface area contributed by atoms with Crippen LogP contribution in [0.25, 0.3) is 11.3 Å². The first-order valence-corrected chi connectivity index (χ1v) is 9.57. The van der Waals surface area contributed by atoms with E-state index < -0.39 is 29.3 Å². The van der Waals surface area contributed by atoms with E-state index in [1.165, 1.54) is 29.2 Å². The van der Waals surface area contributed by atoms with Gasteiger partial charge >= 0.3 is 0 Å². The van der Waals surface area contributed by atoms with Crippen molar-refractivity contribution < 1.29 is 22.8 Å². The summed E-state index contributed by atoms with van der Waals surface area (Å²) in [7, 11) is 0. The van der Waals surface area contributed by atoms with Crippen molar-refractivity contribution in [2.24, 2.45) is 5.92 Å². The fraction of sp³-hybridized carbons (Fsp3) is 0.150. The molecule has 1 N–H and O–H groups in total. The third-order valence-electron chi connectivity index (χ3n) is 4.59. The molecule has 2 amide bonds. The van der Waals surface area contributed by atoms with Crippen molar-refractivity contribution in [2.75, 3.05) is 16.8 Å². The van der Waals surface area contributed by atoms with Crippen molar-refractivity contribution >= 4 is 34.0 Å². The van der Waals surface area contributed by atoms with Gasteiger partial charge in [0.05, 0.1) is 17.3 Å². The van der Waals surface area contributed by atoms with E-state index in [4.69, 9.17) is 0 Å². The van der Waals surface area contributed by atoms with Crippen LogP contribution in [-0.4, -0.2) is 23.3 Å². The molecule has 29 heavy (non-hydrogen) atoms. The number of para-hydroxylation sites is 1. The first-order chi connectivity index (χ1) is 13.9. The van der Waals surface area contributed by atoms with E-state index in [1.54, 1.807) is 11.4 Å². The normalized spacial score (nSPS) is 16.3. The lowest BCUT2D eigenvalue weighted by molar-refractivity contribution is -0.122. The van der Waals surface area contributed by atoms with Crippen LogP contribution in [0.2, 0.25) is 0 Å². The Balaban J connectivity index is 1.45. The molecule has 2 heterocycles. The first kappa shape index (κ1) is 19.1. The molecule has 2 aromatic carbocycles. The Bertz CT molecular complexity index is 1100. The Morgan fingerprint density at radius 1 is 1.10 bits per heavy atom. The van der Waals surface area contributed by atoms with E-state index in [0.717, 1.165) is 23.5 Å². The van der Waals surface area contributed by atoms with Gasteiger partial charge in [0, 0.05) is 23.9 Å². The molecule has 3 aromatic rings. The van der Waals surface area contributed by atoms with Crippen LogP contribution in [0.5, 0.6) is 0 Å². The lowest BCUT2D eigenvalue weighted by Gasteiger charge is -2.17. The van der Waals surface area contributed by atoms with Crippen LogP contribution in [0.1, 0.15) is 6.42 Å². The number of carbonyl (C=O) groups is 2. The minimum absolute atomic E-state index is 0.0401. The maximum absolute atomic E-state index is 14.0. The Morgan fingerprint density at radius 3 is 2.66 bits per heavy atom. The van der Waals surface area contributed by atoms with Crippen LogP contribution >= 0.6 is 11.3 Å². The molecule has 1 aliphatic heterocycles. The minimum atomic E-state index is -0.987. The van der Waals surface area contributed by atoms with Crippen LogP contribution in [-0.2, 0) is 9.59 Å². The van der Waals surface area contributed by atoms with Crippen molar-refractivity contribution in [3.63, 3.8) is 0 Å². The molecule has 1 saturated heterocycles. The average molecular weight is 417 g/mol. The number of nitrogens with zero attached hydrogens (tertiary/aromatic N) is 2. The summed E-state index contributed by atoms with van der Waals surface area (Å²) in [6.45, 7) is 0.0625. The monoisotopic (exact) mass is 417 g/mol. The van der Waals surface area contributed by atoms with Crippen LogP contribution < -0.4 is 10.2 Å². The number of hydrogen-bond acceptors (Lipinski definition) is 4. The maximum atomic E-state index is 14.0. The number of carbonyl (C=O) groups excluding carboxylic acids is 2. The lowest BCUT2D eigenvalue weighted by Crippen LogP contribution is -2.28. The van der Waals surface area contributed by atoms with Gasteiger partial charge in [-0.05, 0) is 30.3 Å². The fourth-order valence-corrected chi connectivity index (χ4v) is 3.84. The Hall–Kier alpha value is -3.20. The summed E-state index contributed by atoms with van der Waals surface area (Å²) in [6.07, 6.45) is -0.0401. The Kier molecular flexibility index (Phi) is 5.06. The summed E-state index contributed by atoms with van der Waals surface area (Å²) in [4.78, 5) is 30.3. The molecule has 0 aliphatic carbocycles. The molecule has 5 nitrogen and oxygen atoms in total. The molecular weight excluding hydrogens is 403 g/mol. The van der Waals surface area contributed by atoms with Crippen molar-refractivity contribution in [1.29, 1.82) is 0 Å². The zero-order chi connectivity index (χ0) is 20.5. The standard InChI is InChI=1S/C20H14F3N3O2S/c21-13-6-5-11(7-15(13)23)16-10-29-20(24-16)25-19(28)12-8-18(27)26(9-12)17-4-2-1-3-14(17)22/h1-7,10,12H,8-9H2,(H,24,25,28)/t12-/m1/s1. The third-order valence-corrected chi connectivity index (χ3v) is 5.35. The van der Waals surface area contributed by atoms with E-state index in [1.807, 2.05) is 0 Å². The fourth-order valence-electron chi connectivity index (χ4n) is 3.11. The van der Waals surface area contributed by atoms with Crippen LogP contribution in [0.15, 0.2) is 47.8 Å². The molecule has 0 saturated carbocycles. The number of thiazole rings is 1. The number of aromatic nitrogens is 1. The summed E-state index contributed by atoms with van der Waals surface area (Å²) in [5, 5.41) is 4.51. The molecule has 148 valence electrons. The number of anilines is 2. The van der Waals surface area contributed by atoms with Crippen molar-refractivity contribution in [1.82, 2.24) is 4.98 Å². The Morgan fingerprint density at radius 2 is 1.90 bits per heavy atom. The highest BCUT2D eigenvalue weighted by Crippen LogP contribution is 2.30. The summed E-state index contributed by atoms with van der Waals surface area (Å²) >= 11 is 1.12. The second kappa shape index (κ2) is 7.67. The van der Waals surface area contributed by atoms with Gasteiger partial charge in [-0.3, -0.25) is 9.59 Å². The Labute approximate surface area is 167 Å². The summed E-state index contributed by atoms with van der Waals surface area (Å²) in [5.74, 6) is -3.88. The predicted octanol–water partition coefficient (Wildman–Crippen LogP) is 4.22. The van der Waals surface area contributed by atoms with Crippen LogP contribution in [0.3, 0.4) is 0 Å². The second-order valence-electron chi connectivity index (χ2n) is 6.51. The number of benzene rings is 2. The largest absolute Gasteiger partial charge is 0.309 e. The van der Waals surface area contributed by atoms with Gasteiger partial charge in [-0.1, -0.05) is 12.1 Å². The summed E-state index contributed by atoms with van der Waals surface area (Å²) in [5.41, 5.74) is 0.907. The van der Waals surface area contributed by atoms with E-state index >= 15 is 0 Å². The number of rotatable bonds is 4. The smallest absolute Gasteiger partial charge is 0.231 e. The van der Waals surface area contributed by atoms with Crippen molar-refractivity contribution in [2.45, 2.75) is 6.42 Å². The molecule has 0 unspecified atom stereocenters.